The summed E-state index contributed by atoms with van der Waals surface area (Å²) in [4.78, 5) is 5.30. The van der Waals surface area contributed by atoms with Crippen LogP contribution in [-0.2, 0) is 6.61 Å². The SMILES string of the molecule is OCc1ccc(OCCSc2ccccc2)cn1. The number of thioether (sulfide) groups is 1. The van der Waals surface area contributed by atoms with E-state index in [1.807, 2.05) is 24.3 Å². The Kier molecular flexibility index (Phi) is 5.05. The van der Waals surface area contributed by atoms with Gasteiger partial charge in [0.15, 0.2) is 0 Å². The van der Waals surface area contributed by atoms with Crippen LogP contribution >= 0.6 is 11.8 Å². The third kappa shape index (κ3) is 4.05. The summed E-state index contributed by atoms with van der Waals surface area (Å²) >= 11 is 1.76. The van der Waals surface area contributed by atoms with Crippen molar-refractivity contribution in [3.05, 3.63) is 54.4 Å². The molecule has 0 spiro atoms. The van der Waals surface area contributed by atoms with Crippen LogP contribution in [0.25, 0.3) is 0 Å². The van der Waals surface area contributed by atoms with Gasteiger partial charge in [0.25, 0.3) is 0 Å². The van der Waals surface area contributed by atoms with E-state index in [1.165, 1.54) is 4.90 Å². The number of hydrogen-bond donors (Lipinski definition) is 1. The van der Waals surface area contributed by atoms with Gasteiger partial charge in [-0.3, -0.25) is 4.98 Å². The molecule has 0 aliphatic carbocycles. The Bertz CT molecular complexity index is 459. The Morgan fingerprint density at radius 1 is 1.11 bits per heavy atom. The molecule has 94 valence electrons. The standard InChI is InChI=1S/C14H15NO2S/c16-11-12-6-7-13(10-15-12)17-8-9-18-14-4-2-1-3-5-14/h1-7,10,16H,8-9,11H2. The molecule has 0 amide bonds. The zero-order valence-corrected chi connectivity index (χ0v) is 10.8. The molecule has 0 aliphatic rings. The highest BCUT2D eigenvalue weighted by Crippen LogP contribution is 2.17. The molecule has 1 heterocycles. The molecule has 0 atom stereocenters. The number of rotatable bonds is 6. The summed E-state index contributed by atoms with van der Waals surface area (Å²) < 4.78 is 5.56. The van der Waals surface area contributed by atoms with Crippen LogP contribution in [0.1, 0.15) is 5.69 Å². The summed E-state index contributed by atoms with van der Waals surface area (Å²) in [5.74, 6) is 1.63. The minimum atomic E-state index is -0.0376. The van der Waals surface area contributed by atoms with E-state index in [2.05, 4.69) is 17.1 Å². The zero-order valence-electron chi connectivity index (χ0n) is 9.95. The minimum absolute atomic E-state index is 0.0376. The van der Waals surface area contributed by atoms with Crippen LogP contribution in [0.3, 0.4) is 0 Å². The predicted molar refractivity (Wildman–Crippen MR) is 72.8 cm³/mol. The molecule has 1 N–H and O–H groups in total. The average Bonchev–Trinajstić information content (AvgIpc) is 2.45. The van der Waals surface area contributed by atoms with E-state index in [0.29, 0.717) is 12.3 Å². The fourth-order valence-electron chi connectivity index (χ4n) is 1.43. The smallest absolute Gasteiger partial charge is 0.137 e. The second-order valence-electron chi connectivity index (χ2n) is 3.65. The molecule has 0 aliphatic heterocycles. The normalized spacial score (nSPS) is 10.3. The second kappa shape index (κ2) is 7.03. The second-order valence-corrected chi connectivity index (χ2v) is 4.82. The summed E-state index contributed by atoms with van der Waals surface area (Å²) in [6.45, 7) is 0.601. The molecule has 0 radical (unpaired) electrons. The van der Waals surface area contributed by atoms with Crippen LogP contribution in [-0.4, -0.2) is 22.5 Å². The lowest BCUT2D eigenvalue weighted by Gasteiger charge is -2.06. The quantitative estimate of drug-likeness (QED) is 0.641. The summed E-state index contributed by atoms with van der Waals surface area (Å²) in [6.07, 6.45) is 1.64. The molecule has 1 aromatic heterocycles. The van der Waals surface area contributed by atoms with E-state index in [-0.39, 0.29) is 6.61 Å². The molecule has 1 aromatic carbocycles. The number of nitrogens with zero attached hydrogens (tertiary/aromatic N) is 1. The van der Waals surface area contributed by atoms with Crippen molar-refractivity contribution in [1.29, 1.82) is 0 Å². The molecule has 0 fully saturated rings. The van der Waals surface area contributed by atoms with Gasteiger partial charge < -0.3 is 9.84 Å². The van der Waals surface area contributed by atoms with E-state index in [9.17, 15) is 0 Å². The van der Waals surface area contributed by atoms with Crippen LogP contribution in [0.2, 0.25) is 0 Å². The molecule has 0 saturated heterocycles. The third-order valence-electron chi connectivity index (χ3n) is 2.32. The Morgan fingerprint density at radius 2 is 1.94 bits per heavy atom. The molecule has 0 unspecified atom stereocenters. The number of pyridine rings is 1. The lowest BCUT2D eigenvalue weighted by molar-refractivity contribution is 0.276. The van der Waals surface area contributed by atoms with Gasteiger partial charge in [0, 0.05) is 10.6 Å². The first-order chi connectivity index (χ1) is 8.88. The van der Waals surface area contributed by atoms with Crippen molar-refractivity contribution in [1.82, 2.24) is 4.98 Å². The number of hydrogen-bond acceptors (Lipinski definition) is 4. The van der Waals surface area contributed by atoms with Crippen molar-refractivity contribution in [3.8, 4) is 5.75 Å². The van der Waals surface area contributed by atoms with Gasteiger partial charge in [-0.05, 0) is 24.3 Å². The van der Waals surface area contributed by atoms with Crippen LogP contribution < -0.4 is 4.74 Å². The van der Waals surface area contributed by atoms with Crippen molar-refractivity contribution in [3.63, 3.8) is 0 Å². The molecule has 4 heteroatoms. The van der Waals surface area contributed by atoms with Gasteiger partial charge in [-0.1, -0.05) is 18.2 Å². The summed E-state index contributed by atoms with van der Waals surface area (Å²) in [5.41, 5.74) is 0.654. The van der Waals surface area contributed by atoms with E-state index < -0.39 is 0 Å². The summed E-state index contributed by atoms with van der Waals surface area (Å²) in [5, 5.41) is 8.86. The van der Waals surface area contributed by atoms with Gasteiger partial charge in [-0.2, -0.15) is 0 Å². The van der Waals surface area contributed by atoms with Crippen molar-refractivity contribution < 1.29 is 9.84 Å². The van der Waals surface area contributed by atoms with Crippen molar-refractivity contribution in [2.75, 3.05) is 12.4 Å². The van der Waals surface area contributed by atoms with E-state index >= 15 is 0 Å². The van der Waals surface area contributed by atoms with Gasteiger partial charge in [-0.25, -0.2) is 0 Å². The van der Waals surface area contributed by atoms with Crippen LogP contribution in [0, 0.1) is 0 Å². The number of aliphatic hydroxyl groups is 1. The van der Waals surface area contributed by atoms with Crippen molar-refractivity contribution in [2.45, 2.75) is 11.5 Å². The monoisotopic (exact) mass is 261 g/mol. The highest BCUT2D eigenvalue weighted by molar-refractivity contribution is 7.99. The number of aromatic nitrogens is 1. The van der Waals surface area contributed by atoms with Crippen LogP contribution in [0.15, 0.2) is 53.6 Å². The number of ether oxygens (including phenoxy) is 1. The molecule has 3 nitrogen and oxygen atoms in total. The maximum Gasteiger partial charge on any atom is 0.137 e. The largest absolute Gasteiger partial charge is 0.491 e. The van der Waals surface area contributed by atoms with Crippen molar-refractivity contribution >= 4 is 11.8 Å². The van der Waals surface area contributed by atoms with Gasteiger partial charge >= 0.3 is 0 Å². The highest BCUT2D eigenvalue weighted by Gasteiger charge is 1.97. The Labute approximate surface area is 111 Å². The minimum Gasteiger partial charge on any atom is -0.491 e. The summed E-state index contributed by atoms with van der Waals surface area (Å²) in [6, 6.07) is 13.8. The first kappa shape index (κ1) is 12.9. The van der Waals surface area contributed by atoms with Crippen LogP contribution in [0.4, 0.5) is 0 Å². The topological polar surface area (TPSA) is 42.4 Å². The molecule has 0 bridgehead atoms. The summed E-state index contributed by atoms with van der Waals surface area (Å²) in [7, 11) is 0. The molecule has 2 aromatic rings. The Hall–Kier alpha value is -1.52. The van der Waals surface area contributed by atoms with E-state index in [0.717, 1.165) is 11.5 Å². The molecule has 2 rings (SSSR count). The molecular weight excluding hydrogens is 246 g/mol. The van der Waals surface area contributed by atoms with Crippen molar-refractivity contribution in [2.24, 2.45) is 0 Å². The highest BCUT2D eigenvalue weighted by atomic mass is 32.2. The fourth-order valence-corrected chi connectivity index (χ4v) is 2.18. The Balaban J connectivity index is 1.72. The fraction of sp³-hybridized carbons (Fsp3) is 0.214. The third-order valence-corrected chi connectivity index (χ3v) is 3.30. The molecule has 18 heavy (non-hydrogen) atoms. The zero-order chi connectivity index (χ0) is 12.6. The number of aliphatic hydroxyl groups excluding tert-OH is 1. The Morgan fingerprint density at radius 3 is 2.61 bits per heavy atom. The van der Waals surface area contributed by atoms with Gasteiger partial charge in [0.1, 0.15) is 5.75 Å². The first-order valence-electron chi connectivity index (χ1n) is 5.75. The van der Waals surface area contributed by atoms with Gasteiger partial charge in [0.2, 0.25) is 0 Å². The maximum atomic E-state index is 8.86. The first-order valence-corrected chi connectivity index (χ1v) is 6.73. The van der Waals surface area contributed by atoms with E-state index in [1.54, 1.807) is 24.0 Å². The molecule has 0 saturated carbocycles. The lowest BCUT2D eigenvalue weighted by Crippen LogP contribution is -2.00. The maximum absolute atomic E-state index is 8.86. The predicted octanol–water partition coefficient (Wildman–Crippen LogP) is 2.75. The number of benzene rings is 1. The average molecular weight is 261 g/mol. The van der Waals surface area contributed by atoms with Crippen LogP contribution in [0.5, 0.6) is 5.75 Å². The molecular formula is C14H15NO2S. The van der Waals surface area contributed by atoms with E-state index in [4.69, 9.17) is 9.84 Å². The van der Waals surface area contributed by atoms with Gasteiger partial charge in [0.05, 0.1) is 25.1 Å². The van der Waals surface area contributed by atoms with Gasteiger partial charge in [-0.15, -0.1) is 11.8 Å². The lowest BCUT2D eigenvalue weighted by atomic mass is 10.3.